The number of ether oxygens (including phenoxy) is 1. The van der Waals surface area contributed by atoms with Crippen LogP contribution in [0.2, 0.25) is 0 Å². The first-order chi connectivity index (χ1) is 21.1. The normalized spacial score (nSPS) is 13.6. The Labute approximate surface area is 257 Å². The number of anilines is 1. The zero-order chi connectivity index (χ0) is 33.1. The number of pyridine rings is 1. The minimum Gasteiger partial charge on any atom is -0.491 e. The number of nitrogens with one attached hydrogen (secondary N) is 2. The molecule has 0 aliphatic carbocycles. The summed E-state index contributed by atoms with van der Waals surface area (Å²) in [6.45, 7) is 1.50. The molecular weight excluding hydrogens is 622 g/mol. The number of hydrogen-bond acceptors (Lipinski definition) is 9. The molecule has 2 heterocycles. The maximum Gasteiger partial charge on any atom is 0.424 e. The average Bonchev–Trinajstić information content (AvgIpc) is 3.37. The number of rotatable bonds is 11. The zero-order valence-electron chi connectivity index (χ0n) is 23.7. The molecule has 4 rings (SSSR count). The fourth-order valence-corrected chi connectivity index (χ4v) is 5.11. The van der Waals surface area contributed by atoms with Crippen molar-refractivity contribution in [3.05, 3.63) is 71.2 Å². The summed E-state index contributed by atoms with van der Waals surface area (Å²) < 4.78 is 63.4. The third-order valence-electron chi connectivity index (χ3n) is 6.48. The van der Waals surface area contributed by atoms with E-state index < -0.39 is 60.1 Å². The van der Waals surface area contributed by atoms with E-state index in [9.17, 15) is 42.2 Å². The van der Waals surface area contributed by atoms with Crippen LogP contribution in [0.3, 0.4) is 0 Å². The van der Waals surface area contributed by atoms with Gasteiger partial charge >= 0.3 is 6.18 Å². The second-order valence-electron chi connectivity index (χ2n) is 9.83. The van der Waals surface area contributed by atoms with Crippen LogP contribution in [0.15, 0.2) is 48.5 Å². The van der Waals surface area contributed by atoms with E-state index in [1.54, 1.807) is 6.92 Å². The monoisotopic (exact) mass is 649 g/mol. The van der Waals surface area contributed by atoms with Crippen LogP contribution in [-0.4, -0.2) is 63.3 Å². The van der Waals surface area contributed by atoms with Gasteiger partial charge in [0.2, 0.25) is 11.5 Å². The van der Waals surface area contributed by atoms with Crippen molar-refractivity contribution < 1.29 is 46.9 Å². The van der Waals surface area contributed by atoms with Gasteiger partial charge in [-0.3, -0.25) is 19.7 Å². The average molecular weight is 650 g/mol. The van der Waals surface area contributed by atoms with Crippen LogP contribution < -0.4 is 21.1 Å². The highest BCUT2D eigenvalue weighted by atomic mass is 32.1. The Morgan fingerprint density at radius 2 is 1.78 bits per heavy atom. The number of alkyl halides is 3. The first-order valence-electron chi connectivity index (χ1n) is 13.3. The first kappa shape index (κ1) is 33.2. The number of carbonyl (C=O) groups is 3. The number of thiazole rings is 1. The predicted octanol–water partition coefficient (Wildman–Crippen LogP) is 3.42. The zero-order valence-corrected chi connectivity index (χ0v) is 24.6. The highest BCUT2D eigenvalue weighted by Gasteiger charge is 2.56. The molecule has 0 saturated heterocycles. The molecule has 16 heteroatoms. The van der Waals surface area contributed by atoms with Crippen LogP contribution in [-0.2, 0) is 21.6 Å². The van der Waals surface area contributed by atoms with E-state index >= 15 is 0 Å². The minimum atomic E-state index is -5.39. The molecule has 2 aromatic heterocycles. The number of fused-ring (bicyclic) bond motifs is 1. The van der Waals surface area contributed by atoms with Crippen LogP contribution in [0, 0.1) is 5.82 Å². The molecule has 0 spiro atoms. The molecule has 6 N–H and O–H groups in total. The van der Waals surface area contributed by atoms with Gasteiger partial charge in [-0.05, 0) is 62.4 Å². The Morgan fingerprint density at radius 3 is 2.38 bits per heavy atom. The largest absolute Gasteiger partial charge is 0.491 e. The van der Waals surface area contributed by atoms with Gasteiger partial charge in [0.25, 0.3) is 11.8 Å². The summed E-state index contributed by atoms with van der Waals surface area (Å²) in [5, 5.41) is 25.1. The number of carbonyl (C=O) groups excluding carboxylic acids is 3. The number of nitrogens with two attached hydrogens (primary N) is 1. The van der Waals surface area contributed by atoms with Gasteiger partial charge in [-0.1, -0.05) is 11.3 Å². The van der Waals surface area contributed by atoms with Crippen LogP contribution in [0.5, 0.6) is 5.75 Å². The van der Waals surface area contributed by atoms with Crippen molar-refractivity contribution in [1.82, 2.24) is 15.3 Å². The third-order valence-corrected chi connectivity index (χ3v) is 7.41. The van der Waals surface area contributed by atoms with Crippen molar-refractivity contribution in [3.63, 3.8) is 0 Å². The Kier molecular flexibility index (Phi) is 9.70. The molecule has 2 atom stereocenters. The van der Waals surface area contributed by atoms with Crippen LogP contribution in [0.25, 0.3) is 21.5 Å². The summed E-state index contributed by atoms with van der Waals surface area (Å²) in [6, 6.07) is 9.44. The van der Waals surface area contributed by atoms with Gasteiger partial charge in [0.05, 0.1) is 35.5 Å². The number of aromatic nitrogens is 2. The molecule has 0 saturated carbocycles. The molecule has 0 unspecified atom stereocenters. The fourth-order valence-electron chi connectivity index (χ4n) is 4.20. The molecule has 0 bridgehead atoms. The molecule has 45 heavy (non-hydrogen) atoms. The van der Waals surface area contributed by atoms with Gasteiger partial charge in [0.1, 0.15) is 23.4 Å². The van der Waals surface area contributed by atoms with Crippen LogP contribution in [0.1, 0.15) is 35.5 Å². The van der Waals surface area contributed by atoms with Crippen molar-refractivity contribution in [1.29, 1.82) is 0 Å². The van der Waals surface area contributed by atoms with Gasteiger partial charge in [-0.15, -0.1) is 0 Å². The lowest BCUT2D eigenvalue weighted by Gasteiger charge is -2.31. The quantitative estimate of drug-likeness (QED) is 0.154. The Bertz CT molecular complexity index is 1750. The van der Waals surface area contributed by atoms with E-state index in [2.05, 4.69) is 20.6 Å². The van der Waals surface area contributed by atoms with Gasteiger partial charge < -0.3 is 26.0 Å². The van der Waals surface area contributed by atoms with E-state index in [4.69, 9.17) is 10.5 Å². The van der Waals surface area contributed by atoms with Crippen molar-refractivity contribution in [3.8, 4) is 17.0 Å². The van der Waals surface area contributed by atoms with E-state index in [-0.39, 0.29) is 39.9 Å². The van der Waals surface area contributed by atoms with E-state index in [0.717, 1.165) is 29.5 Å². The number of aliphatic hydroxyl groups excluding tert-OH is 1. The van der Waals surface area contributed by atoms with Crippen molar-refractivity contribution in [2.45, 2.75) is 38.1 Å². The summed E-state index contributed by atoms with van der Waals surface area (Å²) in [5.74, 6) is -3.30. The van der Waals surface area contributed by atoms with Gasteiger partial charge in [0, 0.05) is 16.7 Å². The number of nitrogens with zero attached hydrogens (tertiary/aromatic N) is 2. The Hall–Kier alpha value is -4.67. The second kappa shape index (κ2) is 13.1. The van der Waals surface area contributed by atoms with Gasteiger partial charge in [-0.2, -0.15) is 13.2 Å². The van der Waals surface area contributed by atoms with Crippen molar-refractivity contribution >= 4 is 44.4 Å². The number of primary amides is 1. The summed E-state index contributed by atoms with van der Waals surface area (Å²) in [7, 11) is 0. The topological polar surface area (TPSA) is 177 Å². The van der Waals surface area contributed by atoms with E-state index in [0.29, 0.717) is 10.2 Å². The van der Waals surface area contributed by atoms with Crippen LogP contribution >= 0.6 is 11.3 Å². The molecule has 11 nitrogen and oxygen atoms in total. The van der Waals surface area contributed by atoms with Crippen molar-refractivity contribution in [2.24, 2.45) is 5.73 Å². The number of halogens is 4. The fraction of sp³-hybridized carbons (Fsp3) is 0.276. The molecule has 3 amide bonds. The lowest BCUT2D eigenvalue weighted by atomic mass is 9.93. The maximum atomic E-state index is 14.6. The Balaban J connectivity index is 1.71. The van der Waals surface area contributed by atoms with E-state index in [1.165, 1.54) is 37.3 Å². The smallest absolute Gasteiger partial charge is 0.424 e. The summed E-state index contributed by atoms with van der Waals surface area (Å²) in [4.78, 5) is 44.8. The number of aliphatic hydroxyl groups is 2. The molecule has 2 aromatic carbocycles. The van der Waals surface area contributed by atoms with Crippen molar-refractivity contribution in [2.75, 3.05) is 18.5 Å². The SMILES string of the molecule is CCOc1c(CC(N)=O)cc([C@@](O)(CNC(=O)c2ccc3nc(NC(=O)[C@H](C)O)sc3c2)C(F)(F)F)nc1-c1ccc(F)cc1. The molecular formula is C29H27F4N5O6S. The van der Waals surface area contributed by atoms with Gasteiger partial charge in [-0.25, -0.2) is 14.4 Å². The molecule has 0 radical (unpaired) electrons. The van der Waals surface area contributed by atoms with Crippen LogP contribution in [0.4, 0.5) is 22.7 Å². The van der Waals surface area contributed by atoms with E-state index in [1.807, 2.05) is 0 Å². The molecule has 238 valence electrons. The number of benzene rings is 2. The summed E-state index contributed by atoms with van der Waals surface area (Å²) in [6.07, 6.45) is -7.26. The molecule has 0 fully saturated rings. The predicted molar refractivity (Wildman–Crippen MR) is 156 cm³/mol. The Morgan fingerprint density at radius 1 is 1.09 bits per heavy atom. The summed E-state index contributed by atoms with van der Waals surface area (Å²) >= 11 is 0.965. The summed E-state index contributed by atoms with van der Waals surface area (Å²) in [5.41, 5.74) is 0.707. The minimum absolute atomic E-state index is 0.0269. The lowest BCUT2D eigenvalue weighted by molar-refractivity contribution is -0.265. The molecule has 0 aliphatic rings. The molecule has 0 aliphatic heterocycles. The highest BCUT2D eigenvalue weighted by molar-refractivity contribution is 7.22. The molecule has 4 aromatic rings. The first-order valence-corrected chi connectivity index (χ1v) is 14.1. The highest BCUT2D eigenvalue weighted by Crippen LogP contribution is 2.42. The second-order valence-corrected chi connectivity index (χ2v) is 10.9. The standard InChI is InChI=1S/C29H27F4N5O6S/c1-3-44-24-17(12-22(34)40)11-21(37-23(24)15-4-7-18(30)8-5-15)28(43,29(31,32)33)13-35-26(42)16-6-9-19-20(10-16)45-27(36-19)38-25(41)14(2)39/h4-11,14,39,43H,3,12-13H2,1-2H3,(H2,34,40)(H,35,42)(H,36,38,41)/t14-,28-/m0/s1. The van der Waals surface area contributed by atoms with Gasteiger partial charge in [0.15, 0.2) is 5.13 Å². The number of hydrogen-bond donors (Lipinski definition) is 5. The third kappa shape index (κ3) is 7.35. The number of amides is 3. The lowest BCUT2D eigenvalue weighted by Crippen LogP contribution is -2.51. The maximum absolute atomic E-state index is 14.6.